The van der Waals surface area contributed by atoms with Gasteiger partial charge in [-0.25, -0.2) is 4.79 Å². The minimum Gasteiger partial charge on any atom is -0.335 e. The van der Waals surface area contributed by atoms with E-state index < -0.39 is 0 Å². The van der Waals surface area contributed by atoms with Gasteiger partial charge in [-0.15, -0.1) is 0 Å². The second-order valence-corrected chi connectivity index (χ2v) is 7.98. The van der Waals surface area contributed by atoms with E-state index in [4.69, 9.17) is 0 Å². The lowest BCUT2D eigenvalue weighted by atomic mass is 9.99. The third-order valence-corrected chi connectivity index (χ3v) is 5.99. The van der Waals surface area contributed by atoms with Crippen LogP contribution in [0.3, 0.4) is 0 Å². The SMILES string of the molecule is Cc1n[nH]c(C)c1[C@@H]1CCCCCN1C(=O)N[C@H]1CC[C@H](N(C)C)C1. The van der Waals surface area contributed by atoms with Gasteiger partial charge in [0.05, 0.1) is 11.7 Å². The highest BCUT2D eigenvalue weighted by molar-refractivity contribution is 5.75. The van der Waals surface area contributed by atoms with Crippen LogP contribution in [0.15, 0.2) is 0 Å². The molecule has 0 spiro atoms. The highest BCUT2D eigenvalue weighted by atomic mass is 16.2. The van der Waals surface area contributed by atoms with Crippen molar-refractivity contribution in [2.45, 2.75) is 76.9 Å². The summed E-state index contributed by atoms with van der Waals surface area (Å²) in [4.78, 5) is 17.4. The molecule has 1 aromatic rings. The summed E-state index contributed by atoms with van der Waals surface area (Å²) < 4.78 is 0. The first-order valence-electron chi connectivity index (χ1n) is 9.72. The van der Waals surface area contributed by atoms with Crippen LogP contribution in [0.25, 0.3) is 0 Å². The van der Waals surface area contributed by atoms with Crippen molar-refractivity contribution < 1.29 is 4.79 Å². The first-order chi connectivity index (χ1) is 12.0. The molecule has 140 valence electrons. The minimum absolute atomic E-state index is 0.108. The number of nitrogens with zero attached hydrogens (tertiary/aromatic N) is 3. The number of rotatable bonds is 3. The third-order valence-electron chi connectivity index (χ3n) is 5.99. The number of hydrogen-bond donors (Lipinski definition) is 2. The molecule has 2 fully saturated rings. The molecule has 2 amide bonds. The lowest BCUT2D eigenvalue weighted by Crippen LogP contribution is -2.46. The van der Waals surface area contributed by atoms with Crippen LogP contribution in [0.1, 0.15) is 67.9 Å². The highest BCUT2D eigenvalue weighted by Gasteiger charge is 2.33. The molecule has 6 heteroatoms. The van der Waals surface area contributed by atoms with E-state index in [0.717, 1.165) is 43.6 Å². The van der Waals surface area contributed by atoms with Crippen molar-refractivity contribution in [1.82, 2.24) is 25.3 Å². The number of aromatic amines is 1. The van der Waals surface area contributed by atoms with Gasteiger partial charge in [0.2, 0.25) is 0 Å². The van der Waals surface area contributed by atoms with E-state index in [1.165, 1.54) is 24.8 Å². The van der Waals surface area contributed by atoms with Crippen LogP contribution in [0.2, 0.25) is 0 Å². The van der Waals surface area contributed by atoms with E-state index in [0.29, 0.717) is 12.1 Å². The highest BCUT2D eigenvalue weighted by Crippen LogP contribution is 2.33. The molecule has 0 unspecified atom stereocenters. The molecule has 2 N–H and O–H groups in total. The van der Waals surface area contributed by atoms with Gasteiger partial charge < -0.3 is 15.1 Å². The number of urea groups is 1. The van der Waals surface area contributed by atoms with Crippen molar-refractivity contribution >= 4 is 6.03 Å². The molecular formula is C19H33N5O. The van der Waals surface area contributed by atoms with Gasteiger partial charge in [-0.2, -0.15) is 5.10 Å². The second kappa shape index (κ2) is 7.77. The Balaban J connectivity index is 1.72. The van der Waals surface area contributed by atoms with Gasteiger partial charge in [0.15, 0.2) is 0 Å². The molecule has 0 aromatic carbocycles. The van der Waals surface area contributed by atoms with E-state index in [2.05, 4.69) is 46.3 Å². The molecule has 0 bridgehead atoms. The van der Waals surface area contributed by atoms with Gasteiger partial charge in [-0.05, 0) is 60.0 Å². The van der Waals surface area contributed by atoms with Crippen molar-refractivity contribution in [3.8, 4) is 0 Å². The molecule has 3 atom stereocenters. The molecule has 2 heterocycles. The molecule has 0 radical (unpaired) electrons. The average molecular weight is 348 g/mol. The Kier molecular flexibility index (Phi) is 5.67. The van der Waals surface area contributed by atoms with Crippen LogP contribution >= 0.6 is 0 Å². The summed E-state index contributed by atoms with van der Waals surface area (Å²) in [5, 5.41) is 10.8. The van der Waals surface area contributed by atoms with Gasteiger partial charge in [0.25, 0.3) is 0 Å². The van der Waals surface area contributed by atoms with Gasteiger partial charge in [-0.3, -0.25) is 5.10 Å². The fourth-order valence-corrected chi connectivity index (χ4v) is 4.52. The fourth-order valence-electron chi connectivity index (χ4n) is 4.52. The van der Waals surface area contributed by atoms with E-state index in [1.807, 2.05) is 6.92 Å². The number of likely N-dealkylation sites (tertiary alicyclic amines) is 1. The summed E-state index contributed by atoms with van der Waals surface area (Å²) in [6.07, 6.45) is 7.79. The number of aromatic nitrogens is 2. The van der Waals surface area contributed by atoms with Crippen molar-refractivity contribution in [3.05, 3.63) is 17.0 Å². The molecule has 1 saturated carbocycles. The summed E-state index contributed by atoms with van der Waals surface area (Å²) in [5.74, 6) is 0. The van der Waals surface area contributed by atoms with Gasteiger partial charge in [0, 0.05) is 29.9 Å². The molecule has 6 nitrogen and oxygen atoms in total. The van der Waals surface area contributed by atoms with Crippen LogP contribution in [-0.2, 0) is 0 Å². The summed E-state index contributed by atoms with van der Waals surface area (Å²) in [6.45, 7) is 4.94. The molecule has 3 rings (SSSR count). The number of nitrogens with one attached hydrogen (secondary N) is 2. The maximum Gasteiger partial charge on any atom is 0.318 e. The zero-order valence-electron chi connectivity index (χ0n) is 16.1. The average Bonchev–Trinajstić information content (AvgIpc) is 3.07. The Morgan fingerprint density at radius 1 is 1.20 bits per heavy atom. The smallest absolute Gasteiger partial charge is 0.318 e. The lowest BCUT2D eigenvalue weighted by Gasteiger charge is -2.32. The first kappa shape index (κ1) is 18.2. The van der Waals surface area contributed by atoms with Crippen LogP contribution in [-0.4, -0.2) is 58.8 Å². The summed E-state index contributed by atoms with van der Waals surface area (Å²) in [7, 11) is 4.26. The fraction of sp³-hybridized carbons (Fsp3) is 0.789. The number of aryl methyl sites for hydroxylation is 2. The summed E-state index contributed by atoms with van der Waals surface area (Å²) in [6, 6.07) is 1.14. The Morgan fingerprint density at radius 3 is 2.64 bits per heavy atom. The number of carbonyl (C=O) groups is 1. The van der Waals surface area contributed by atoms with E-state index in [1.54, 1.807) is 0 Å². The minimum atomic E-state index is 0.108. The van der Waals surface area contributed by atoms with E-state index in [9.17, 15) is 4.79 Å². The monoisotopic (exact) mass is 347 g/mol. The molecule has 2 aliphatic rings. The van der Waals surface area contributed by atoms with Crippen molar-refractivity contribution in [2.24, 2.45) is 0 Å². The molecule has 1 saturated heterocycles. The van der Waals surface area contributed by atoms with Gasteiger partial charge in [0.1, 0.15) is 0 Å². The number of amides is 2. The maximum absolute atomic E-state index is 13.1. The normalized spacial score (nSPS) is 27.6. The first-order valence-corrected chi connectivity index (χ1v) is 9.72. The molecule has 1 aromatic heterocycles. The standard InChI is InChI=1S/C19H33N5O/c1-13-18(14(2)22-21-13)17-8-6-5-7-11-24(17)19(25)20-15-9-10-16(12-15)23(3)4/h15-17H,5-12H2,1-4H3,(H,20,25)(H,21,22)/t15-,16-,17-/m0/s1. The van der Waals surface area contributed by atoms with Crippen LogP contribution in [0.5, 0.6) is 0 Å². The van der Waals surface area contributed by atoms with Gasteiger partial charge in [-0.1, -0.05) is 12.8 Å². The Labute approximate surface area is 151 Å². The molecule has 1 aliphatic carbocycles. The predicted molar refractivity (Wildman–Crippen MR) is 99.6 cm³/mol. The third kappa shape index (κ3) is 4.00. The maximum atomic E-state index is 13.1. The number of H-pyrrole nitrogens is 1. The largest absolute Gasteiger partial charge is 0.335 e. The zero-order chi connectivity index (χ0) is 18.0. The zero-order valence-corrected chi connectivity index (χ0v) is 16.1. The Morgan fingerprint density at radius 2 is 2.00 bits per heavy atom. The molecular weight excluding hydrogens is 314 g/mol. The Bertz CT molecular complexity index is 577. The van der Waals surface area contributed by atoms with Crippen molar-refractivity contribution in [3.63, 3.8) is 0 Å². The quantitative estimate of drug-likeness (QED) is 0.883. The predicted octanol–water partition coefficient (Wildman–Crippen LogP) is 3.14. The lowest BCUT2D eigenvalue weighted by molar-refractivity contribution is 0.171. The number of carbonyl (C=O) groups excluding carboxylic acids is 1. The molecule has 25 heavy (non-hydrogen) atoms. The second-order valence-electron chi connectivity index (χ2n) is 7.98. The van der Waals surface area contributed by atoms with Crippen LogP contribution < -0.4 is 5.32 Å². The van der Waals surface area contributed by atoms with Crippen molar-refractivity contribution in [1.29, 1.82) is 0 Å². The van der Waals surface area contributed by atoms with Crippen LogP contribution in [0, 0.1) is 13.8 Å². The Hall–Kier alpha value is -1.56. The number of hydrogen-bond acceptors (Lipinski definition) is 3. The topological polar surface area (TPSA) is 64.3 Å². The van der Waals surface area contributed by atoms with Crippen LogP contribution in [0.4, 0.5) is 4.79 Å². The summed E-state index contributed by atoms with van der Waals surface area (Å²) >= 11 is 0. The van der Waals surface area contributed by atoms with Gasteiger partial charge >= 0.3 is 6.03 Å². The summed E-state index contributed by atoms with van der Waals surface area (Å²) in [5.41, 5.74) is 3.33. The van der Waals surface area contributed by atoms with E-state index >= 15 is 0 Å². The van der Waals surface area contributed by atoms with E-state index in [-0.39, 0.29) is 12.1 Å². The molecule has 1 aliphatic heterocycles. The van der Waals surface area contributed by atoms with Crippen molar-refractivity contribution in [2.75, 3.05) is 20.6 Å².